The van der Waals surface area contributed by atoms with Crippen LogP contribution in [0.5, 0.6) is 0 Å². The van der Waals surface area contributed by atoms with Crippen LogP contribution in [-0.4, -0.2) is 34.4 Å². The highest BCUT2D eigenvalue weighted by Gasteiger charge is 2.25. The van der Waals surface area contributed by atoms with E-state index < -0.39 is 12.6 Å². The molecule has 8 heteroatoms. The molecule has 0 fully saturated rings. The van der Waals surface area contributed by atoms with Crippen molar-refractivity contribution in [2.75, 3.05) is 13.6 Å². The smallest absolute Gasteiger partial charge is 0.319 e. The van der Waals surface area contributed by atoms with E-state index in [1.54, 1.807) is 10.7 Å². The van der Waals surface area contributed by atoms with E-state index in [0.29, 0.717) is 0 Å². The van der Waals surface area contributed by atoms with Crippen molar-refractivity contribution in [3.8, 4) is 0 Å². The lowest BCUT2D eigenvalue weighted by molar-refractivity contribution is -0.133. The summed E-state index contributed by atoms with van der Waals surface area (Å²) >= 11 is 3.29. The molecule has 4 nitrogen and oxygen atoms in total. The van der Waals surface area contributed by atoms with Gasteiger partial charge in [-0.25, -0.2) is 9.50 Å². The Bertz CT molecular complexity index is 526. The summed E-state index contributed by atoms with van der Waals surface area (Å²) in [5, 5.41) is 6.61. The van der Waals surface area contributed by atoms with E-state index in [9.17, 15) is 13.2 Å². The van der Waals surface area contributed by atoms with Gasteiger partial charge in [0.05, 0.1) is 18.3 Å². The molecule has 0 saturated heterocycles. The number of nitrogens with one attached hydrogen (secondary N) is 1. The fourth-order valence-electron chi connectivity index (χ4n) is 1.23. The SMILES string of the molecule is CC.CNCCC(F)(F)F.Cc1cnc2ccc(Br)nn12. The van der Waals surface area contributed by atoms with Gasteiger partial charge >= 0.3 is 6.18 Å². The van der Waals surface area contributed by atoms with Gasteiger partial charge in [-0.2, -0.15) is 18.3 Å². The zero-order valence-corrected chi connectivity index (χ0v) is 14.1. The fraction of sp³-hybridized carbons (Fsp3) is 0.538. The number of hydrogen-bond acceptors (Lipinski definition) is 3. The number of rotatable bonds is 2. The second kappa shape index (κ2) is 9.73. The minimum absolute atomic E-state index is 0.00347. The van der Waals surface area contributed by atoms with Crippen LogP contribution in [0.1, 0.15) is 26.0 Å². The largest absolute Gasteiger partial charge is 0.390 e. The highest BCUT2D eigenvalue weighted by atomic mass is 79.9. The summed E-state index contributed by atoms with van der Waals surface area (Å²) in [7, 11) is 1.49. The van der Waals surface area contributed by atoms with Crippen LogP contribution < -0.4 is 5.32 Å². The van der Waals surface area contributed by atoms with Gasteiger partial charge in [-0.3, -0.25) is 0 Å². The van der Waals surface area contributed by atoms with Crippen molar-refractivity contribution >= 4 is 21.6 Å². The van der Waals surface area contributed by atoms with Crippen LogP contribution in [0.15, 0.2) is 22.9 Å². The van der Waals surface area contributed by atoms with Crippen molar-refractivity contribution in [2.45, 2.75) is 33.4 Å². The number of aryl methyl sites for hydroxylation is 1. The Hall–Kier alpha value is -1.15. The predicted molar refractivity (Wildman–Crippen MR) is 81.4 cm³/mol. The second-order valence-electron chi connectivity index (χ2n) is 3.79. The molecule has 0 amide bonds. The highest BCUT2D eigenvalue weighted by molar-refractivity contribution is 9.10. The predicted octanol–water partition coefficient (Wildman–Crippen LogP) is 3.98. The maximum absolute atomic E-state index is 11.2. The monoisotopic (exact) mass is 368 g/mol. The summed E-state index contributed by atoms with van der Waals surface area (Å²) < 4.78 is 36.2. The van der Waals surface area contributed by atoms with Gasteiger partial charge in [0.25, 0.3) is 0 Å². The van der Waals surface area contributed by atoms with Gasteiger partial charge in [-0.1, -0.05) is 13.8 Å². The fourth-order valence-corrected chi connectivity index (χ4v) is 1.52. The molecule has 0 aliphatic rings. The molecule has 120 valence electrons. The summed E-state index contributed by atoms with van der Waals surface area (Å²) in [6.45, 7) is 5.98. The number of halogens is 4. The average molecular weight is 369 g/mol. The van der Waals surface area contributed by atoms with Gasteiger partial charge in [0.15, 0.2) is 5.65 Å². The van der Waals surface area contributed by atoms with Crippen LogP contribution in [0.2, 0.25) is 0 Å². The van der Waals surface area contributed by atoms with E-state index in [2.05, 4.69) is 31.3 Å². The van der Waals surface area contributed by atoms with Gasteiger partial charge in [0.2, 0.25) is 0 Å². The first kappa shape index (κ1) is 19.9. The molecule has 1 N–H and O–H groups in total. The van der Waals surface area contributed by atoms with Gasteiger partial charge in [-0.05, 0) is 42.0 Å². The van der Waals surface area contributed by atoms with Crippen molar-refractivity contribution < 1.29 is 13.2 Å². The molecule has 21 heavy (non-hydrogen) atoms. The van der Waals surface area contributed by atoms with E-state index in [1.807, 2.05) is 32.9 Å². The van der Waals surface area contributed by atoms with E-state index in [1.165, 1.54) is 7.05 Å². The van der Waals surface area contributed by atoms with Crippen LogP contribution in [0.4, 0.5) is 13.2 Å². The number of alkyl halides is 3. The van der Waals surface area contributed by atoms with Crippen LogP contribution in [0, 0.1) is 6.92 Å². The Labute approximate surface area is 130 Å². The number of fused-ring (bicyclic) bond motifs is 1. The topological polar surface area (TPSA) is 42.2 Å². The first-order valence-electron chi connectivity index (χ1n) is 6.52. The lowest BCUT2D eigenvalue weighted by Gasteiger charge is -2.03. The van der Waals surface area contributed by atoms with E-state index in [4.69, 9.17) is 0 Å². The minimum atomic E-state index is -4.01. The molecule has 0 aliphatic carbocycles. The Morgan fingerprint density at radius 1 is 1.29 bits per heavy atom. The first-order chi connectivity index (χ1) is 9.83. The zero-order chi connectivity index (χ0) is 16.5. The van der Waals surface area contributed by atoms with E-state index in [0.717, 1.165) is 15.9 Å². The van der Waals surface area contributed by atoms with Crippen LogP contribution in [0.3, 0.4) is 0 Å². The molecular weight excluding hydrogens is 349 g/mol. The first-order valence-corrected chi connectivity index (χ1v) is 7.31. The molecule has 2 heterocycles. The Kier molecular flexibility index (Phi) is 9.19. The van der Waals surface area contributed by atoms with Gasteiger partial charge in [-0.15, -0.1) is 0 Å². The number of nitrogens with zero attached hydrogens (tertiary/aromatic N) is 3. The quantitative estimate of drug-likeness (QED) is 0.871. The molecule has 0 atom stereocenters. The highest BCUT2D eigenvalue weighted by Crippen LogP contribution is 2.17. The molecule has 2 rings (SSSR count). The molecule has 2 aromatic rings. The Morgan fingerprint density at radius 2 is 1.90 bits per heavy atom. The third-order valence-electron chi connectivity index (χ3n) is 2.16. The summed E-state index contributed by atoms with van der Waals surface area (Å²) in [4.78, 5) is 4.14. The van der Waals surface area contributed by atoms with Crippen molar-refractivity contribution in [1.29, 1.82) is 0 Å². The number of imidazole rings is 1. The van der Waals surface area contributed by atoms with Crippen molar-refractivity contribution in [1.82, 2.24) is 19.9 Å². The van der Waals surface area contributed by atoms with Crippen LogP contribution >= 0.6 is 15.9 Å². The molecule has 2 aromatic heterocycles. The van der Waals surface area contributed by atoms with Crippen molar-refractivity contribution in [3.63, 3.8) is 0 Å². The minimum Gasteiger partial charge on any atom is -0.319 e. The Morgan fingerprint density at radius 3 is 2.38 bits per heavy atom. The van der Waals surface area contributed by atoms with E-state index >= 15 is 0 Å². The van der Waals surface area contributed by atoms with E-state index in [-0.39, 0.29) is 6.54 Å². The van der Waals surface area contributed by atoms with Crippen molar-refractivity contribution in [2.24, 2.45) is 0 Å². The lowest BCUT2D eigenvalue weighted by atomic mass is 10.4. The third kappa shape index (κ3) is 8.01. The summed E-state index contributed by atoms with van der Waals surface area (Å²) in [6, 6.07) is 3.80. The molecule has 0 aromatic carbocycles. The molecule has 0 radical (unpaired) electrons. The summed E-state index contributed by atoms with van der Waals surface area (Å²) in [6.07, 6.45) is -2.96. The third-order valence-corrected chi connectivity index (χ3v) is 2.58. The van der Waals surface area contributed by atoms with Gasteiger partial charge < -0.3 is 5.32 Å². The van der Waals surface area contributed by atoms with Crippen LogP contribution in [0.25, 0.3) is 5.65 Å². The van der Waals surface area contributed by atoms with Crippen LogP contribution in [-0.2, 0) is 0 Å². The number of hydrogen-bond donors (Lipinski definition) is 1. The second-order valence-corrected chi connectivity index (χ2v) is 4.61. The molecule has 0 spiro atoms. The average Bonchev–Trinajstić information content (AvgIpc) is 2.80. The maximum atomic E-state index is 11.2. The molecule has 0 unspecified atom stereocenters. The lowest BCUT2D eigenvalue weighted by Crippen LogP contribution is -2.17. The zero-order valence-electron chi connectivity index (χ0n) is 12.5. The number of aromatic nitrogens is 3. The Balaban J connectivity index is 0.000000358. The van der Waals surface area contributed by atoms with Gasteiger partial charge in [0.1, 0.15) is 4.60 Å². The normalized spacial score (nSPS) is 10.5. The maximum Gasteiger partial charge on any atom is 0.390 e. The molecule has 0 aliphatic heterocycles. The standard InChI is InChI=1S/C7H6BrN3.C4H8F3N.C2H6/c1-5-4-9-7-3-2-6(8)10-11(5)7;1-8-3-2-4(5,6)7;1-2/h2-4H,1H3;8H,2-3H2,1H3;1-2H3. The van der Waals surface area contributed by atoms with Crippen molar-refractivity contribution in [3.05, 3.63) is 28.6 Å². The molecule has 0 bridgehead atoms. The molecule has 0 saturated carbocycles. The molecular formula is C13H20BrF3N4. The summed E-state index contributed by atoms with van der Waals surface area (Å²) in [5.74, 6) is 0. The summed E-state index contributed by atoms with van der Waals surface area (Å²) in [5.41, 5.74) is 1.92. The van der Waals surface area contributed by atoms with Gasteiger partial charge in [0, 0.05) is 6.54 Å².